The van der Waals surface area contributed by atoms with E-state index in [1.165, 1.54) is 31.6 Å². The van der Waals surface area contributed by atoms with Gasteiger partial charge in [-0.05, 0) is 12.3 Å². The van der Waals surface area contributed by atoms with Crippen molar-refractivity contribution in [2.75, 3.05) is 11.9 Å². The molecule has 0 bridgehead atoms. The van der Waals surface area contributed by atoms with Crippen molar-refractivity contribution in [2.24, 2.45) is 20.0 Å². The topological polar surface area (TPSA) is 68.9 Å². The fourth-order valence-electron chi connectivity index (χ4n) is 1.61. The van der Waals surface area contributed by atoms with E-state index in [4.69, 9.17) is 0 Å². The number of rotatable bonds is 4. The second-order valence-corrected chi connectivity index (χ2v) is 4.28. The lowest BCUT2D eigenvalue weighted by Crippen LogP contribution is -2.40. The maximum Gasteiger partial charge on any atom is 0.346 e. The third-order valence-electron chi connectivity index (χ3n) is 2.86. The van der Waals surface area contributed by atoms with Gasteiger partial charge in [-0.25, -0.2) is 9.48 Å². The molecule has 0 aliphatic heterocycles. The van der Waals surface area contributed by atoms with Crippen LogP contribution in [-0.2, 0) is 14.1 Å². The molecule has 0 radical (unpaired) electrons. The van der Waals surface area contributed by atoms with E-state index < -0.39 is 5.69 Å². The molecule has 1 aliphatic rings. The van der Waals surface area contributed by atoms with Crippen LogP contribution in [0.5, 0.6) is 0 Å². The molecule has 2 rings (SSSR count). The number of hydrogen-bond acceptors (Lipinski definition) is 4. The first kappa shape index (κ1) is 10.9. The van der Waals surface area contributed by atoms with Crippen molar-refractivity contribution in [1.82, 2.24) is 14.3 Å². The summed E-state index contributed by atoms with van der Waals surface area (Å²) in [7, 11) is 2.99. The van der Waals surface area contributed by atoms with E-state index >= 15 is 0 Å². The van der Waals surface area contributed by atoms with Crippen molar-refractivity contribution >= 4 is 5.82 Å². The highest BCUT2D eigenvalue weighted by atomic mass is 16.2. The minimum Gasteiger partial charge on any atom is -0.364 e. The zero-order valence-electron chi connectivity index (χ0n) is 9.56. The molecule has 16 heavy (non-hydrogen) atoms. The predicted octanol–water partition coefficient (Wildman–Crippen LogP) is -0.309. The highest BCUT2D eigenvalue weighted by Crippen LogP contribution is 2.31. The molecule has 1 aromatic heterocycles. The first-order valence-electron chi connectivity index (χ1n) is 5.48. The Hall–Kier alpha value is -1.59. The molecule has 1 saturated carbocycles. The van der Waals surface area contributed by atoms with Crippen molar-refractivity contribution in [3.8, 4) is 0 Å². The van der Waals surface area contributed by atoms with Gasteiger partial charge in [-0.3, -0.25) is 9.36 Å². The Labute approximate surface area is 92.9 Å². The molecule has 6 heteroatoms. The molecule has 1 aliphatic carbocycles. The van der Waals surface area contributed by atoms with Crippen LogP contribution in [0.3, 0.4) is 0 Å². The number of hydrogen-bond donors (Lipinski definition) is 1. The van der Waals surface area contributed by atoms with Crippen LogP contribution in [0, 0.1) is 5.92 Å². The van der Waals surface area contributed by atoms with E-state index in [-0.39, 0.29) is 11.4 Å². The fourth-order valence-corrected chi connectivity index (χ4v) is 1.61. The molecule has 6 nitrogen and oxygen atoms in total. The molecule has 1 N–H and O–H groups in total. The summed E-state index contributed by atoms with van der Waals surface area (Å²) in [4.78, 5) is 23.0. The van der Waals surface area contributed by atoms with Gasteiger partial charge in [-0.15, -0.1) is 5.10 Å². The monoisotopic (exact) mass is 224 g/mol. The van der Waals surface area contributed by atoms with Gasteiger partial charge < -0.3 is 5.32 Å². The van der Waals surface area contributed by atoms with Crippen LogP contribution in [0.1, 0.15) is 19.3 Å². The smallest absolute Gasteiger partial charge is 0.346 e. The van der Waals surface area contributed by atoms with Gasteiger partial charge >= 0.3 is 5.69 Å². The second kappa shape index (κ2) is 4.11. The molecule has 0 saturated heterocycles. The van der Waals surface area contributed by atoms with E-state index in [1.807, 2.05) is 0 Å². The number of aryl methyl sites for hydroxylation is 1. The van der Waals surface area contributed by atoms with Gasteiger partial charge in [-0.1, -0.05) is 12.8 Å². The van der Waals surface area contributed by atoms with Crippen molar-refractivity contribution in [1.29, 1.82) is 0 Å². The van der Waals surface area contributed by atoms with Crippen LogP contribution in [0.25, 0.3) is 0 Å². The van der Waals surface area contributed by atoms with Crippen LogP contribution >= 0.6 is 0 Å². The van der Waals surface area contributed by atoms with Crippen molar-refractivity contribution in [3.05, 3.63) is 20.8 Å². The van der Waals surface area contributed by atoms with E-state index in [0.29, 0.717) is 0 Å². The van der Waals surface area contributed by atoms with E-state index in [1.54, 1.807) is 0 Å². The third-order valence-corrected chi connectivity index (χ3v) is 2.86. The van der Waals surface area contributed by atoms with E-state index in [9.17, 15) is 9.59 Å². The first-order chi connectivity index (χ1) is 7.59. The number of nitrogens with one attached hydrogen (secondary N) is 1. The quantitative estimate of drug-likeness (QED) is 0.761. The standard InChI is InChI=1S/C10H16N4O2/c1-13-9(15)8(12-14(2)10(13)16)11-6-5-7-3-4-7/h7H,3-6H2,1-2H3,(H,11,12). The van der Waals surface area contributed by atoms with Crippen molar-refractivity contribution < 1.29 is 0 Å². The molecule has 0 amide bonds. The molecule has 1 heterocycles. The summed E-state index contributed by atoms with van der Waals surface area (Å²) in [6.45, 7) is 0.741. The highest BCUT2D eigenvalue weighted by molar-refractivity contribution is 5.29. The molecule has 0 atom stereocenters. The Kier molecular flexibility index (Phi) is 2.80. The van der Waals surface area contributed by atoms with Crippen LogP contribution in [-0.4, -0.2) is 20.9 Å². The second-order valence-electron chi connectivity index (χ2n) is 4.28. The molecular formula is C10H16N4O2. The minimum atomic E-state index is -0.405. The average molecular weight is 224 g/mol. The Morgan fingerprint density at radius 1 is 1.38 bits per heavy atom. The van der Waals surface area contributed by atoms with Gasteiger partial charge in [-0.2, -0.15) is 0 Å². The Balaban J connectivity index is 2.13. The molecule has 1 aromatic rings. The lowest BCUT2D eigenvalue weighted by molar-refractivity contribution is 0.602. The van der Waals surface area contributed by atoms with Gasteiger partial charge in [0.25, 0.3) is 5.56 Å². The molecule has 0 spiro atoms. The molecule has 0 aromatic carbocycles. The fraction of sp³-hybridized carbons (Fsp3) is 0.700. The Morgan fingerprint density at radius 3 is 2.69 bits per heavy atom. The van der Waals surface area contributed by atoms with Crippen molar-refractivity contribution in [3.63, 3.8) is 0 Å². The van der Waals surface area contributed by atoms with Crippen LogP contribution in [0.2, 0.25) is 0 Å². The van der Waals surface area contributed by atoms with Gasteiger partial charge in [0.1, 0.15) is 0 Å². The largest absolute Gasteiger partial charge is 0.364 e. The van der Waals surface area contributed by atoms with Gasteiger partial charge in [0.05, 0.1) is 0 Å². The summed E-state index contributed by atoms with van der Waals surface area (Å²) >= 11 is 0. The molecular weight excluding hydrogens is 208 g/mol. The lowest BCUT2D eigenvalue weighted by atomic mass is 10.3. The summed E-state index contributed by atoms with van der Waals surface area (Å²) in [6, 6.07) is 0. The maximum atomic E-state index is 11.7. The summed E-state index contributed by atoms with van der Waals surface area (Å²) in [5, 5.41) is 6.90. The zero-order chi connectivity index (χ0) is 11.7. The van der Waals surface area contributed by atoms with Crippen LogP contribution < -0.4 is 16.6 Å². The Bertz CT molecular complexity index is 499. The van der Waals surface area contributed by atoms with E-state index in [2.05, 4.69) is 10.4 Å². The lowest BCUT2D eigenvalue weighted by Gasteiger charge is -2.07. The number of anilines is 1. The molecule has 0 unspecified atom stereocenters. The number of aromatic nitrogens is 3. The first-order valence-corrected chi connectivity index (χ1v) is 5.48. The van der Waals surface area contributed by atoms with Gasteiger partial charge in [0.2, 0.25) is 5.82 Å². The summed E-state index contributed by atoms with van der Waals surface area (Å²) < 4.78 is 2.23. The van der Waals surface area contributed by atoms with Gasteiger partial charge in [0, 0.05) is 20.6 Å². The van der Waals surface area contributed by atoms with Crippen molar-refractivity contribution in [2.45, 2.75) is 19.3 Å². The highest BCUT2D eigenvalue weighted by Gasteiger charge is 2.20. The summed E-state index contributed by atoms with van der Waals surface area (Å²) in [6.07, 6.45) is 3.65. The summed E-state index contributed by atoms with van der Waals surface area (Å²) in [5.41, 5.74) is -0.767. The van der Waals surface area contributed by atoms with Crippen LogP contribution in [0.15, 0.2) is 9.59 Å². The zero-order valence-corrected chi connectivity index (χ0v) is 9.56. The maximum absolute atomic E-state index is 11.7. The average Bonchev–Trinajstić information content (AvgIpc) is 3.06. The van der Waals surface area contributed by atoms with Gasteiger partial charge in [0.15, 0.2) is 0 Å². The minimum absolute atomic E-state index is 0.255. The number of nitrogens with zero attached hydrogens (tertiary/aromatic N) is 3. The summed E-state index contributed by atoms with van der Waals surface area (Å²) in [5.74, 6) is 1.06. The SMILES string of the molecule is Cn1nc(NCCC2CC2)c(=O)n(C)c1=O. The van der Waals surface area contributed by atoms with Crippen LogP contribution in [0.4, 0.5) is 5.82 Å². The molecule has 88 valence electrons. The third kappa shape index (κ3) is 2.15. The Morgan fingerprint density at radius 2 is 2.06 bits per heavy atom. The normalized spacial score (nSPS) is 15.1. The molecule has 1 fully saturated rings. The van der Waals surface area contributed by atoms with E-state index in [0.717, 1.165) is 23.5 Å². The predicted molar refractivity (Wildman–Crippen MR) is 60.5 cm³/mol.